The van der Waals surface area contributed by atoms with Crippen LogP contribution in [0.2, 0.25) is 0 Å². The predicted octanol–water partition coefficient (Wildman–Crippen LogP) is 1.95. The van der Waals surface area contributed by atoms with Crippen LogP contribution >= 0.6 is 0 Å². The fraction of sp³-hybridized carbons (Fsp3) is 0.571. The van der Waals surface area contributed by atoms with Crippen LogP contribution in [0.3, 0.4) is 0 Å². The highest BCUT2D eigenvalue weighted by Gasteiger charge is 2.21. The van der Waals surface area contributed by atoms with E-state index in [1.807, 2.05) is 25.1 Å². The molecule has 1 rings (SSSR count). The van der Waals surface area contributed by atoms with Crippen LogP contribution in [0.25, 0.3) is 0 Å². The molecule has 4 heteroatoms. The zero-order valence-electron chi connectivity index (χ0n) is 11.8. The third-order valence-electron chi connectivity index (χ3n) is 3.15. The monoisotopic (exact) mass is 253 g/mol. The van der Waals surface area contributed by atoms with E-state index in [1.165, 1.54) is 0 Å². The lowest BCUT2D eigenvalue weighted by atomic mass is 10.0. The molecule has 0 aliphatic rings. The number of aliphatic hydroxyl groups is 1. The van der Waals surface area contributed by atoms with Crippen molar-refractivity contribution in [3.05, 3.63) is 23.8 Å². The zero-order valence-corrected chi connectivity index (χ0v) is 11.8. The minimum absolute atomic E-state index is 0.0200. The van der Waals surface area contributed by atoms with E-state index in [9.17, 15) is 5.11 Å². The van der Waals surface area contributed by atoms with E-state index >= 15 is 0 Å². The number of ether oxygens (including phenoxy) is 2. The van der Waals surface area contributed by atoms with Crippen molar-refractivity contribution in [2.24, 2.45) is 0 Å². The van der Waals surface area contributed by atoms with Gasteiger partial charge in [0.25, 0.3) is 0 Å². The second kappa shape index (κ2) is 6.07. The molecule has 18 heavy (non-hydrogen) atoms. The first-order valence-corrected chi connectivity index (χ1v) is 6.05. The molecule has 0 spiro atoms. The van der Waals surface area contributed by atoms with Crippen LogP contribution < -0.4 is 14.8 Å². The second-order valence-electron chi connectivity index (χ2n) is 4.93. The molecule has 102 valence electrons. The summed E-state index contributed by atoms with van der Waals surface area (Å²) < 4.78 is 10.5. The Morgan fingerprint density at radius 2 is 1.94 bits per heavy atom. The topological polar surface area (TPSA) is 50.7 Å². The van der Waals surface area contributed by atoms with Gasteiger partial charge in [0, 0.05) is 18.2 Å². The van der Waals surface area contributed by atoms with Crippen LogP contribution in [0.4, 0.5) is 0 Å². The normalized spacial score (nSPS) is 13.2. The van der Waals surface area contributed by atoms with Gasteiger partial charge in [0.1, 0.15) is 11.5 Å². The summed E-state index contributed by atoms with van der Waals surface area (Å²) in [5.74, 6) is 1.61. The van der Waals surface area contributed by atoms with Gasteiger partial charge in [-0.1, -0.05) is 0 Å². The lowest BCUT2D eigenvalue weighted by molar-refractivity contribution is 0.0436. The van der Waals surface area contributed by atoms with Gasteiger partial charge in [-0.2, -0.15) is 0 Å². The number of methoxy groups -OCH3 is 2. The summed E-state index contributed by atoms with van der Waals surface area (Å²) in [5.41, 5.74) is 0.250. The maximum absolute atomic E-state index is 9.87. The standard InChI is InChI=1S/C14H23NO3/c1-10(14(2,3)16)15-9-11-8-12(17-4)6-7-13(11)18-5/h6-8,10,15-16H,9H2,1-5H3. The molecule has 2 N–H and O–H groups in total. The van der Waals surface area contributed by atoms with Gasteiger partial charge in [0.05, 0.1) is 19.8 Å². The van der Waals surface area contributed by atoms with Crippen LogP contribution in [0, 0.1) is 0 Å². The molecule has 0 aliphatic heterocycles. The third kappa shape index (κ3) is 3.89. The van der Waals surface area contributed by atoms with E-state index in [-0.39, 0.29) is 6.04 Å². The lowest BCUT2D eigenvalue weighted by Crippen LogP contribution is -2.44. The fourth-order valence-electron chi connectivity index (χ4n) is 1.53. The molecule has 0 heterocycles. The van der Waals surface area contributed by atoms with Crippen LogP contribution in [0.1, 0.15) is 26.3 Å². The van der Waals surface area contributed by atoms with Crippen LogP contribution in [0.15, 0.2) is 18.2 Å². The SMILES string of the molecule is COc1ccc(OC)c(CNC(C)C(C)(C)O)c1. The lowest BCUT2D eigenvalue weighted by Gasteiger charge is -2.27. The summed E-state index contributed by atoms with van der Waals surface area (Å²) in [6.07, 6.45) is 0. The molecule has 1 aromatic rings. The molecule has 0 amide bonds. The molecule has 0 aliphatic carbocycles. The van der Waals surface area contributed by atoms with Gasteiger partial charge in [-0.3, -0.25) is 0 Å². The molecule has 0 saturated carbocycles. The molecule has 1 unspecified atom stereocenters. The Morgan fingerprint density at radius 1 is 1.28 bits per heavy atom. The predicted molar refractivity (Wildman–Crippen MR) is 72.1 cm³/mol. The van der Waals surface area contributed by atoms with Gasteiger partial charge >= 0.3 is 0 Å². The molecule has 0 radical (unpaired) electrons. The number of hydrogen-bond donors (Lipinski definition) is 2. The minimum atomic E-state index is -0.758. The van der Waals surface area contributed by atoms with Crippen LogP contribution in [-0.2, 0) is 6.54 Å². The number of benzene rings is 1. The van der Waals surface area contributed by atoms with Crippen LogP contribution in [-0.4, -0.2) is 31.0 Å². The molecule has 0 fully saturated rings. The molecule has 0 aromatic heterocycles. The quantitative estimate of drug-likeness (QED) is 0.813. The molecule has 1 aromatic carbocycles. The summed E-state index contributed by atoms with van der Waals surface area (Å²) in [6.45, 7) is 6.14. The Balaban J connectivity index is 2.77. The summed E-state index contributed by atoms with van der Waals surface area (Å²) in [7, 11) is 3.28. The maximum Gasteiger partial charge on any atom is 0.123 e. The average molecular weight is 253 g/mol. The van der Waals surface area contributed by atoms with E-state index in [1.54, 1.807) is 28.1 Å². The smallest absolute Gasteiger partial charge is 0.123 e. The zero-order chi connectivity index (χ0) is 13.8. The van der Waals surface area contributed by atoms with Crippen LogP contribution in [0.5, 0.6) is 11.5 Å². The largest absolute Gasteiger partial charge is 0.497 e. The molecule has 1 atom stereocenters. The fourth-order valence-corrected chi connectivity index (χ4v) is 1.53. The highest BCUT2D eigenvalue weighted by molar-refractivity contribution is 5.40. The first-order valence-electron chi connectivity index (χ1n) is 6.05. The van der Waals surface area contributed by atoms with Crippen molar-refractivity contribution in [1.82, 2.24) is 5.32 Å². The second-order valence-corrected chi connectivity index (χ2v) is 4.93. The van der Waals surface area contributed by atoms with E-state index < -0.39 is 5.60 Å². The Labute approximate surface area is 109 Å². The van der Waals surface area contributed by atoms with E-state index in [0.29, 0.717) is 6.54 Å². The minimum Gasteiger partial charge on any atom is -0.497 e. The van der Waals surface area contributed by atoms with Gasteiger partial charge in [-0.05, 0) is 39.0 Å². The number of hydrogen-bond acceptors (Lipinski definition) is 4. The first kappa shape index (κ1) is 14.8. The van der Waals surface area contributed by atoms with Crippen molar-refractivity contribution in [1.29, 1.82) is 0 Å². The van der Waals surface area contributed by atoms with Crippen molar-refractivity contribution >= 4 is 0 Å². The van der Waals surface area contributed by atoms with Gasteiger partial charge in [-0.25, -0.2) is 0 Å². The van der Waals surface area contributed by atoms with Crippen molar-refractivity contribution < 1.29 is 14.6 Å². The molecular formula is C14H23NO3. The van der Waals surface area contributed by atoms with E-state index in [4.69, 9.17) is 9.47 Å². The molecular weight excluding hydrogens is 230 g/mol. The highest BCUT2D eigenvalue weighted by atomic mass is 16.5. The Hall–Kier alpha value is -1.26. The highest BCUT2D eigenvalue weighted by Crippen LogP contribution is 2.24. The summed E-state index contributed by atoms with van der Waals surface area (Å²) in [5, 5.41) is 13.2. The summed E-state index contributed by atoms with van der Waals surface area (Å²) in [4.78, 5) is 0. The van der Waals surface area contributed by atoms with E-state index in [2.05, 4.69) is 5.32 Å². The summed E-state index contributed by atoms with van der Waals surface area (Å²) >= 11 is 0. The van der Waals surface area contributed by atoms with Gasteiger partial charge in [-0.15, -0.1) is 0 Å². The van der Waals surface area contributed by atoms with Crippen molar-refractivity contribution in [3.63, 3.8) is 0 Å². The summed E-state index contributed by atoms with van der Waals surface area (Å²) in [6, 6.07) is 5.66. The Bertz CT molecular complexity index is 385. The van der Waals surface area contributed by atoms with Gasteiger partial charge in [0.15, 0.2) is 0 Å². The van der Waals surface area contributed by atoms with Crippen molar-refractivity contribution in [3.8, 4) is 11.5 Å². The van der Waals surface area contributed by atoms with E-state index in [0.717, 1.165) is 17.1 Å². The average Bonchev–Trinajstić information content (AvgIpc) is 2.34. The molecule has 0 bridgehead atoms. The maximum atomic E-state index is 9.87. The van der Waals surface area contributed by atoms with Crippen molar-refractivity contribution in [2.75, 3.05) is 14.2 Å². The Kier molecular flexibility index (Phi) is 4.99. The van der Waals surface area contributed by atoms with Gasteiger partial charge in [0.2, 0.25) is 0 Å². The van der Waals surface area contributed by atoms with Gasteiger partial charge < -0.3 is 19.9 Å². The van der Waals surface area contributed by atoms with Crippen molar-refractivity contribution in [2.45, 2.75) is 39.0 Å². The molecule has 0 saturated heterocycles. The Morgan fingerprint density at radius 3 is 2.44 bits per heavy atom. The number of nitrogens with one attached hydrogen (secondary N) is 1. The first-order chi connectivity index (χ1) is 8.38. The molecule has 4 nitrogen and oxygen atoms in total. The number of rotatable bonds is 6. The third-order valence-corrected chi connectivity index (χ3v) is 3.15.